The number of nitrogens with one attached hydrogen (secondary N) is 1. The lowest BCUT2D eigenvalue weighted by atomic mass is 10.2. The molecule has 0 aliphatic heterocycles. The smallest absolute Gasteiger partial charge is 0.240 e. The van der Waals surface area contributed by atoms with E-state index in [1.54, 1.807) is 36.5 Å². The van der Waals surface area contributed by atoms with Crippen LogP contribution < -0.4 is 4.72 Å². The Hall–Kier alpha value is -2.26. The van der Waals surface area contributed by atoms with Crippen molar-refractivity contribution in [3.8, 4) is 0 Å². The predicted octanol–water partition coefficient (Wildman–Crippen LogP) is 3.17. The Morgan fingerprint density at radius 1 is 0.862 bits per heavy atom. The first-order valence-electron chi connectivity index (χ1n) is 8.73. The molecule has 6 nitrogen and oxygen atoms in total. The molecular weight excluding hydrogens is 432 g/mol. The van der Waals surface area contributed by atoms with Crippen LogP contribution in [0.4, 0.5) is 0 Å². The van der Waals surface area contributed by atoms with Crippen molar-refractivity contribution in [1.82, 2.24) is 9.71 Å². The zero-order chi connectivity index (χ0) is 20.9. The Morgan fingerprint density at radius 2 is 1.59 bits per heavy atom. The van der Waals surface area contributed by atoms with Crippen LogP contribution in [0.1, 0.15) is 11.3 Å². The van der Waals surface area contributed by atoms with Crippen molar-refractivity contribution in [1.29, 1.82) is 0 Å². The SMILES string of the molecule is O=S(=O)(NCCc1ccccn1)c1cc(S(=O)(=O)c2ccccc2)ccc1CCl. The number of nitrogens with zero attached hydrogens (tertiary/aromatic N) is 1. The van der Waals surface area contributed by atoms with Gasteiger partial charge in [-0.15, -0.1) is 11.6 Å². The highest BCUT2D eigenvalue weighted by Crippen LogP contribution is 2.26. The largest absolute Gasteiger partial charge is 0.261 e. The molecule has 0 saturated heterocycles. The molecule has 0 unspecified atom stereocenters. The summed E-state index contributed by atoms with van der Waals surface area (Å²) in [5.74, 6) is -0.0673. The first-order chi connectivity index (χ1) is 13.8. The fraction of sp³-hybridized carbons (Fsp3) is 0.150. The summed E-state index contributed by atoms with van der Waals surface area (Å²) in [6.07, 6.45) is 2.03. The number of sulfonamides is 1. The third kappa shape index (κ3) is 5.02. The van der Waals surface area contributed by atoms with Crippen LogP contribution in [-0.4, -0.2) is 28.4 Å². The quantitative estimate of drug-likeness (QED) is 0.532. The Balaban J connectivity index is 1.90. The van der Waals surface area contributed by atoms with Gasteiger partial charge in [-0.2, -0.15) is 0 Å². The Kier molecular flexibility index (Phi) is 6.69. The minimum atomic E-state index is -3.96. The van der Waals surface area contributed by atoms with E-state index in [4.69, 9.17) is 11.6 Å². The number of hydrogen-bond acceptors (Lipinski definition) is 5. The molecule has 1 N–H and O–H groups in total. The van der Waals surface area contributed by atoms with E-state index in [9.17, 15) is 16.8 Å². The third-order valence-electron chi connectivity index (χ3n) is 4.24. The minimum absolute atomic E-state index is 0.0673. The molecule has 2 aromatic carbocycles. The third-order valence-corrected chi connectivity index (χ3v) is 7.83. The van der Waals surface area contributed by atoms with E-state index in [0.29, 0.717) is 12.0 Å². The highest BCUT2D eigenvalue weighted by Gasteiger charge is 2.24. The number of benzene rings is 2. The zero-order valence-corrected chi connectivity index (χ0v) is 17.7. The fourth-order valence-corrected chi connectivity index (χ4v) is 5.72. The van der Waals surface area contributed by atoms with E-state index in [1.165, 1.54) is 24.3 Å². The molecule has 0 radical (unpaired) electrons. The number of sulfone groups is 1. The lowest BCUT2D eigenvalue weighted by molar-refractivity contribution is 0.580. The van der Waals surface area contributed by atoms with Crippen molar-refractivity contribution in [2.24, 2.45) is 0 Å². The van der Waals surface area contributed by atoms with Crippen LogP contribution in [0.2, 0.25) is 0 Å². The molecule has 3 rings (SSSR count). The van der Waals surface area contributed by atoms with E-state index < -0.39 is 19.9 Å². The molecular formula is C20H19ClN2O4S2. The highest BCUT2D eigenvalue weighted by molar-refractivity contribution is 7.91. The molecule has 0 spiro atoms. The van der Waals surface area contributed by atoms with E-state index in [0.717, 1.165) is 11.8 Å². The van der Waals surface area contributed by atoms with Crippen LogP contribution >= 0.6 is 11.6 Å². The van der Waals surface area contributed by atoms with Gasteiger partial charge in [0.2, 0.25) is 19.9 Å². The van der Waals surface area contributed by atoms with Crippen molar-refractivity contribution in [3.63, 3.8) is 0 Å². The van der Waals surface area contributed by atoms with Gasteiger partial charge < -0.3 is 0 Å². The van der Waals surface area contributed by atoms with Crippen molar-refractivity contribution in [3.05, 3.63) is 84.2 Å². The van der Waals surface area contributed by atoms with E-state index >= 15 is 0 Å². The van der Waals surface area contributed by atoms with Crippen LogP contribution in [0.5, 0.6) is 0 Å². The summed E-state index contributed by atoms with van der Waals surface area (Å²) in [5.41, 5.74) is 1.07. The molecule has 152 valence electrons. The second-order valence-corrected chi connectivity index (χ2v) is 10.1. The van der Waals surface area contributed by atoms with Gasteiger partial charge in [-0.05, 0) is 42.0 Å². The molecule has 0 fully saturated rings. The first-order valence-corrected chi connectivity index (χ1v) is 12.2. The number of pyridine rings is 1. The minimum Gasteiger partial charge on any atom is -0.261 e. The number of rotatable bonds is 8. The van der Waals surface area contributed by atoms with Gasteiger partial charge >= 0.3 is 0 Å². The molecule has 0 amide bonds. The van der Waals surface area contributed by atoms with Gasteiger partial charge in [-0.1, -0.05) is 30.3 Å². The maximum absolute atomic E-state index is 12.9. The van der Waals surface area contributed by atoms with Gasteiger partial charge in [0.25, 0.3) is 0 Å². The number of alkyl halides is 1. The summed E-state index contributed by atoms with van der Waals surface area (Å²) in [6, 6.07) is 17.2. The van der Waals surface area contributed by atoms with Crippen LogP contribution in [0.3, 0.4) is 0 Å². The lowest BCUT2D eigenvalue weighted by Gasteiger charge is -2.12. The van der Waals surface area contributed by atoms with Gasteiger partial charge in [0.1, 0.15) is 0 Å². The van der Waals surface area contributed by atoms with E-state index in [1.807, 2.05) is 6.07 Å². The number of aromatic nitrogens is 1. The van der Waals surface area contributed by atoms with Crippen LogP contribution in [0.25, 0.3) is 0 Å². The summed E-state index contributed by atoms with van der Waals surface area (Å²) >= 11 is 5.90. The number of hydrogen-bond donors (Lipinski definition) is 1. The average molecular weight is 451 g/mol. The molecule has 9 heteroatoms. The highest BCUT2D eigenvalue weighted by atomic mass is 35.5. The molecule has 29 heavy (non-hydrogen) atoms. The van der Waals surface area contributed by atoms with Gasteiger partial charge in [-0.3, -0.25) is 4.98 Å². The fourth-order valence-electron chi connectivity index (χ4n) is 2.74. The van der Waals surface area contributed by atoms with E-state index in [-0.39, 0.29) is 27.1 Å². The molecule has 0 saturated carbocycles. The second-order valence-electron chi connectivity index (χ2n) is 6.19. The monoisotopic (exact) mass is 450 g/mol. The van der Waals surface area contributed by atoms with Gasteiger partial charge in [0.05, 0.1) is 14.7 Å². The van der Waals surface area contributed by atoms with Crippen molar-refractivity contribution in [2.75, 3.05) is 6.54 Å². The van der Waals surface area contributed by atoms with E-state index in [2.05, 4.69) is 9.71 Å². The Morgan fingerprint density at radius 3 is 2.24 bits per heavy atom. The standard InChI is InChI=1S/C20H19ClN2O4S2/c21-15-16-9-10-19(28(24,25)18-7-2-1-3-8-18)14-20(16)29(26,27)23-13-11-17-6-4-5-12-22-17/h1-10,12,14,23H,11,13,15H2. The summed E-state index contributed by atoms with van der Waals surface area (Å²) < 4.78 is 53.9. The van der Waals surface area contributed by atoms with Crippen LogP contribution in [-0.2, 0) is 32.2 Å². The maximum Gasteiger partial charge on any atom is 0.240 e. The normalized spacial score (nSPS) is 12.0. The molecule has 3 aromatic rings. The number of halogens is 1. The lowest BCUT2D eigenvalue weighted by Crippen LogP contribution is -2.27. The topological polar surface area (TPSA) is 93.2 Å². The second kappa shape index (κ2) is 9.04. The molecule has 1 aromatic heterocycles. The van der Waals surface area contributed by atoms with Crippen molar-refractivity contribution < 1.29 is 16.8 Å². The average Bonchev–Trinajstić information content (AvgIpc) is 2.74. The van der Waals surface area contributed by atoms with Gasteiger partial charge in [-0.25, -0.2) is 21.6 Å². The molecule has 0 aliphatic rings. The van der Waals surface area contributed by atoms with Gasteiger partial charge in [0, 0.05) is 30.7 Å². The van der Waals surface area contributed by atoms with Crippen LogP contribution in [0, 0.1) is 0 Å². The molecule has 0 atom stereocenters. The molecule has 0 bridgehead atoms. The van der Waals surface area contributed by atoms with Gasteiger partial charge in [0.15, 0.2) is 0 Å². The first kappa shape index (κ1) is 21.4. The molecule has 0 aliphatic carbocycles. The summed E-state index contributed by atoms with van der Waals surface area (Å²) in [7, 11) is -7.82. The predicted molar refractivity (Wildman–Crippen MR) is 111 cm³/mol. The van der Waals surface area contributed by atoms with Crippen LogP contribution in [0.15, 0.2) is 87.6 Å². The maximum atomic E-state index is 12.9. The Bertz CT molecular complexity index is 1180. The summed E-state index contributed by atoms with van der Waals surface area (Å²) in [5, 5.41) is 0. The summed E-state index contributed by atoms with van der Waals surface area (Å²) in [6.45, 7) is 0.122. The Labute approximate surface area is 175 Å². The van der Waals surface area contributed by atoms with Crippen molar-refractivity contribution >= 4 is 31.5 Å². The molecule has 1 heterocycles. The summed E-state index contributed by atoms with van der Waals surface area (Å²) in [4.78, 5) is 3.98. The van der Waals surface area contributed by atoms with Crippen molar-refractivity contribution in [2.45, 2.75) is 27.0 Å². The zero-order valence-electron chi connectivity index (χ0n) is 15.3.